The Labute approximate surface area is 228 Å². The number of halogens is 5. The Morgan fingerprint density at radius 2 is 1.91 bits per heavy atom. The van der Waals surface area contributed by atoms with E-state index in [9.17, 15) is 9.59 Å². The number of nitrogens with one attached hydrogen (secondary N) is 2. The fourth-order valence-electron chi connectivity index (χ4n) is 5.33. The standard InChI is InChI=1S/C22H25Cl5N4O2S/c1-21(2)13(7-15(23)24)17(21)18(33)28-19(22(25,26)27)29-20(34)30-8-11-6-12(10-30)14-4-3-5-16(32)31(14)9-11/h3-5,7,11-13,17,19H,6,8-10H2,1-2H3,(H,28,33)(H,29,34)/t11-,12-,13-,17-,19+/m1/s1. The number of allylic oxidation sites excluding steroid dienone is 1. The van der Waals surface area contributed by atoms with Crippen molar-refractivity contribution in [2.75, 3.05) is 13.1 Å². The summed E-state index contributed by atoms with van der Waals surface area (Å²) in [6.07, 6.45) is 1.61. The minimum Gasteiger partial charge on any atom is -0.348 e. The summed E-state index contributed by atoms with van der Waals surface area (Å²) in [6, 6.07) is 5.37. The van der Waals surface area contributed by atoms with Gasteiger partial charge in [-0.15, -0.1) is 0 Å². The highest BCUT2D eigenvalue weighted by atomic mass is 35.6. The molecular weight excluding hydrogens is 562 g/mol. The molecule has 2 fully saturated rings. The molecule has 12 heteroatoms. The maximum atomic E-state index is 13.0. The molecule has 1 aliphatic carbocycles. The summed E-state index contributed by atoms with van der Waals surface area (Å²) in [4.78, 5) is 27.3. The zero-order chi connectivity index (χ0) is 25.0. The number of carbonyl (C=O) groups excluding carboxylic acids is 1. The average molecular weight is 587 g/mol. The molecule has 2 bridgehead atoms. The molecule has 1 saturated heterocycles. The average Bonchev–Trinajstić information content (AvgIpc) is 3.26. The highest BCUT2D eigenvalue weighted by Gasteiger charge is 2.61. The lowest BCUT2D eigenvalue weighted by atomic mass is 9.83. The molecule has 1 aromatic heterocycles. The number of likely N-dealkylation sites (tertiary alicyclic amines) is 1. The molecule has 5 atom stereocenters. The van der Waals surface area contributed by atoms with Crippen LogP contribution in [-0.2, 0) is 11.3 Å². The van der Waals surface area contributed by atoms with E-state index < -0.39 is 9.96 Å². The summed E-state index contributed by atoms with van der Waals surface area (Å²) < 4.78 is 0.122. The molecule has 1 saturated carbocycles. The molecule has 186 valence electrons. The Bertz CT molecular complexity index is 1080. The third kappa shape index (κ3) is 5.35. The van der Waals surface area contributed by atoms with Crippen molar-refractivity contribution in [2.45, 2.75) is 42.7 Å². The molecule has 3 heterocycles. The number of hydrogen-bond donors (Lipinski definition) is 2. The lowest BCUT2D eigenvalue weighted by molar-refractivity contribution is -0.123. The summed E-state index contributed by atoms with van der Waals surface area (Å²) in [5, 5.41) is 6.22. The number of aromatic nitrogens is 1. The first-order valence-corrected chi connectivity index (χ1v) is 13.2. The smallest absolute Gasteiger partial charge is 0.250 e. The second kappa shape index (κ2) is 9.64. The number of piperidine rings is 1. The van der Waals surface area contributed by atoms with Gasteiger partial charge in [0, 0.05) is 37.3 Å². The van der Waals surface area contributed by atoms with E-state index in [1.54, 1.807) is 18.2 Å². The number of thiocarbonyl (C=S) groups is 1. The van der Waals surface area contributed by atoms with Crippen LogP contribution < -0.4 is 16.2 Å². The van der Waals surface area contributed by atoms with Crippen molar-refractivity contribution >= 4 is 81.2 Å². The molecule has 0 radical (unpaired) electrons. The van der Waals surface area contributed by atoms with E-state index in [2.05, 4.69) is 10.6 Å². The summed E-state index contributed by atoms with van der Waals surface area (Å²) in [7, 11) is 0. The summed E-state index contributed by atoms with van der Waals surface area (Å²) in [5.41, 5.74) is 0.704. The largest absolute Gasteiger partial charge is 0.348 e. The molecule has 0 aromatic carbocycles. The molecule has 2 N–H and O–H groups in total. The van der Waals surface area contributed by atoms with Crippen molar-refractivity contribution in [3.63, 3.8) is 0 Å². The second-order valence-corrected chi connectivity index (χ2v) is 13.6. The van der Waals surface area contributed by atoms with Gasteiger partial charge in [0.15, 0.2) is 5.11 Å². The van der Waals surface area contributed by atoms with E-state index in [1.807, 2.05) is 29.4 Å². The fraction of sp³-hybridized carbons (Fsp3) is 0.591. The van der Waals surface area contributed by atoms with Crippen LogP contribution in [-0.4, -0.2) is 43.5 Å². The van der Waals surface area contributed by atoms with Crippen LogP contribution in [0.4, 0.5) is 0 Å². The summed E-state index contributed by atoms with van der Waals surface area (Å²) in [5.74, 6) is -0.329. The van der Waals surface area contributed by atoms with Gasteiger partial charge in [-0.25, -0.2) is 0 Å². The van der Waals surface area contributed by atoms with Crippen LogP contribution in [0.25, 0.3) is 0 Å². The Morgan fingerprint density at radius 1 is 1.21 bits per heavy atom. The molecule has 0 unspecified atom stereocenters. The zero-order valence-electron chi connectivity index (χ0n) is 18.5. The van der Waals surface area contributed by atoms with Crippen LogP contribution in [0.2, 0.25) is 0 Å². The van der Waals surface area contributed by atoms with Crippen molar-refractivity contribution in [1.82, 2.24) is 20.1 Å². The summed E-state index contributed by atoms with van der Waals surface area (Å²) >= 11 is 35.9. The van der Waals surface area contributed by atoms with Gasteiger partial charge in [0.2, 0.25) is 9.70 Å². The molecular formula is C22H25Cl5N4O2S. The highest BCUT2D eigenvalue weighted by Crippen LogP contribution is 2.59. The Hall–Kier alpha value is -0.700. The maximum absolute atomic E-state index is 13.0. The first-order valence-electron chi connectivity index (χ1n) is 10.9. The van der Waals surface area contributed by atoms with Crippen LogP contribution in [0.5, 0.6) is 0 Å². The first kappa shape index (κ1) is 26.4. The normalized spacial score (nSPS) is 27.8. The predicted octanol–water partition coefficient (Wildman–Crippen LogP) is 4.55. The number of carbonyl (C=O) groups is 1. The molecule has 0 spiro atoms. The van der Waals surface area contributed by atoms with Gasteiger partial charge in [0.25, 0.3) is 5.56 Å². The van der Waals surface area contributed by atoms with Gasteiger partial charge in [-0.05, 0) is 48.0 Å². The van der Waals surface area contributed by atoms with E-state index in [4.69, 9.17) is 70.2 Å². The number of nitrogens with zero attached hydrogens (tertiary/aromatic N) is 2. The van der Waals surface area contributed by atoms with Gasteiger partial charge in [-0.1, -0.05) is 77.9 Å². The fourth-order valence-corrected chi connectivity index (χ4v) is 6.20. The zero-order valence-corrected chi connectivity index (χ0v) is 23.1. The predicted molar refractivity (Wildman–Crippen MR) is 142 cm³/mol. The van der Waals surface area contributed by atoms with Crippen LogP contribution in [0.3, 0.4) is 0 Å². The van der Waals surface area contributed by atoms with Crippen molar-refractivity contribution in [2.24, 2.45) is 23.2 Å². The van der Waals surface area contributed by atoms with Crippen LogP contribution in [0.1, 0.15) is 31.9 Å². The maximum Gasteiger partial charge on any atom is 0.250 e. The lowest BCUT2D eigenvalue weighted by Gasteiger charge is -2.44. The van der Waals surface area contributed by atoms with Gasteiger partial charge in [-0.2, -0.15) is 0 Å². The lowest BCUT2D eigenvalue weighted by Crippen LogP contribution is -2.60. The van der Waals surface area contributed by atoms with Crippen LogP contribution >= 0.6 is 70.2 Å². The third-order valence-electron chi connectivity index (χ3n) is 7.15. The van der Waals surface area contributed by atoms with Crippen LogP contribution in [0, 0.1) is 23.2 Å². The van der Waals surface area contributed by atoms with Crippen LogP contribution in [0.15, 0.2) is 33.6 Å². The Morgan fingerprint density at radius 3 is 2.56 bits per heavy atom. The van der Waals surface area contributed by atoms with Gasteiger partial charge in [0.05, 0.1) is 5.92 Å². The van der Waals surface area contributed by atoms with Crippen molar-refractivity contribution in [3.8, 4) is 0 Å². The minimum absolute atomic E-state index is 0.0203. The number of hydrogen-bond acceptors (Lipinski definition) is 3. The molecule has 1 aromatic rings. The second-order valence-electron chi connectivity index (χ2n) is 9.82. The monoisotopic (exact) mass is 584 g/mol. The highest BCUT2D eigenvalue weighted by molar-refractivity contribution is 7.80. The molecule has 6 nitrogen and oxygen atoms in total. The van der Waals surface area contributed by atoms with E-state index in [0.29, 0.717) is 24.7 Å². The van der Waals surface area contributed by atoms with Gasteiger partial charge < -0.3 is 20.1 Å². The van der Waals surface area contributed by atoms with E-state index in [-0.39, 0.29) is 45.0 Å². The van der Waals surface area contributed by atoms with Crippen molar-refractivity contribution < 1.29 is 4.79 Å². The third-order valence-corrected chi connectivity index (χ3v) is 8.43. The van der Waals surface area contributed by atoms with Gasteiger partial charge in [0.1, 0.15) is 10.7 Å². The Balaban J connectivity index is 1.45. The van der Waals surface area contributed by atoms with E-state index in [0.717, 1.165) is 12.1 Å². The van der Waals surface area contributed by atoms with Gasteiger partial charge in [-0.3, -0.25) is 9.59 Å². The van der Waals surface area contributed by atoms with Crippen molar-refractivity contribution in [1.29, 1.82) is 0 Å². The number of alkyl halides is 3. The number of rotatable bonds is 4. The minimum atomic E-state index is -1.85. The molecule has 34 heavy (non-hydrogen) atoms. The molecule has 1 amide bonds. The number of fused-ring (bicyclic) bond motifs is 4. The summed E-state index contributed by atoms with van der Waals surface area (Å²) in [6.45, 7) is 5.84. The molecule has 4 rings (SSSR count). The van der Waals surface area contributed by atoms with E-state index in [1.165, 1.54) is 0 Å². The molecule has 3 aliphatic rings. The van der Waals surface area contributed by atoms with E-state index >= 15 is 0 Å². The first-order chi connectivity index (χ1) is 15.8. The topological polar surface area (TPSA) is 66.4 Å². The Kier molecular flexibility index (Phi) is 7.47. The number of pyridine rings is 1. The van der Waals surface area contributed by atoms with Crippen molar-refractivity contribution in [3.05, 3.63) is 44.8 Å². The quantitative estimate of drug-likeness (QED) is 0.308. The number of amides is 1. The SMILES string of the molecule is CC1(C)[C@H](C=C(Cl)Cl)[C@@H]1C(=O)N[C@@H](NC(=S)N1C[C@H]2C[C@H](C1)c1cccc(=O)n1C2)C(Cl)(Cl)Cl. The van der Waals surface area contributed by atoms with Gasteiger partial charge >= 0.3 is 0 Å². The molecule has 2 aliphatic heterocycles.